The molecule has 11 heteroatoms. The van der Waals surface area contributed by atoms with Crippen LogP contribution in [0.3, 0.4) is 0 Å². The molecule has 27 heavy (non-hydrogen) atoms. The number of methoxy groups -OCH3 is 1. The van der Waals surface area contributed by atoms with E-state index < -0.39 is 15.9 Å². The number of hydrogen-bond donors (Lipinski definition) is 1. The highest BCUT2D eigenvalue weighted by Crippen LogP contribution is 2.38. The number of nitrogens with zero attached hydrogens (tertiary/aromatic N) is 2. The molecule has 0 bridgehead atoms. The lowest BCUT2D eigenvalue weighted by Crippen LogP contribution is -2.27. The standard InChI is InChI=1S/C16H14BrN3O5S2/c1-9-13(17)16(25-19-9)20(10-4-3-5-11(8-10)24-2)15(21)14-12(6-7-26-14)27(18,22)23/h3-8H,1-2H3,(H2,18,22,23). The summed E-state index contributed by atoms with van der Waals surface area (Å²) in [5, 5.41) is 10.6. The molecule has 2 aromatic heterocycles. The van der Waals surface area contributed by atoms with Gasteiger partial charge in [0, 0.05) is 6.07 Å². The van der Waals surface area contributed by atoms with E-state index >= 15 is 0 Å². The van der Waals surface area contributed by atoms with Crippen LogP contribution in [-0.4, -0.2) is 26.6 Å². The number of thiophene rings is 1. The molecule has 2 N–H and O–H groups in total. The third-order valence-electron chi connectivity index (χ3n) is 3.62. The minimum absolute atomic E-state index is 0.0405. The number of hydrogen-bond acceptors (Lipinski definition) is 7. The summed E-state index contributed by atoms with van der Waals surface area (Å²) in [6.45, 7) is 1.70. The van der Waals surface area contributed by atoms with Gasteiger partial charge in [-0.3, -0.25) is 4.79 Å². The molecule has 142 valence electrons. The van der Waals surface area contributed by atoms with Gasteiger partial charge in [0.15, 0.2) is 0 Å². The number of carbonyl (C=O) groups excluding carboxylic acids is 1. The highest BCUT2D eigenvalue weighted by Gasteiger charge is 2.31. The van der Waals surface area contributed by atoms with Gasteiger partial charge in [-0.05, 0) is 46.4 Å². The van der Waals surface area contributed by atoms with Crippen molar-refractivity contribution in [3.63, 3.8) is 0 Å². The van der Waals surface area contributed by atoms with Gasteiger partial charge in [0.05, 0.1) is 18.5 Å². The molecule has 0 fully saturated rings. The average molecular weight is 472 g/mol. The smallest absolute Gasteiger partial charge is 0.276 e. The van der Waals surface area contributed by atoms with Gasteiger partial charge in [-0.1, -0.05) is 11.2 Å². The SMILES string of the molecule is COc1cccc(N(C(=O)c2sccc2S(N)(=O)=O)c2onc(C)c2Br)c1. The van der Waals surface area contributed by atoms with Crippen LogP contribution in [0.5, 0.6) is 5.75 Å². The van der Waals surface area contributed by atoms with Crippen LogP contribution < -0.4 is 14.8 Å². The number of primary sulfonamides is 1. The molecule has 0 spiro atoms. The van der Waals surface area contributed by atoms with Crippen molar-refractivity contribution in [2.24, 2.45) is 5.14 Å². The molecule has 0 aliphatic carbocycles. The first-order valence-corrected chi connectivity index (χ1v) is 10.7. The molecule has 3 aromatic rings. The van der Waals surface area contributed by atoms with Crippen LogP contribution in [0.25, 0.3) is 0 Å². The van der Waals surface area contributed by atoms with Gasteiger partial charge in [0.2, 0.25) is 10.0 Å². The zero-order valence-electron chi connectivity index (χ0n) is 14.2. The van der Waals surface area contributed by atoms with Crippen molar-refractivity contribution in [3.05, 3.63) is 50.8 Å². The summed E-state index contributed by atoms with van der Waals surface area (Å²) in [6, 6.07) is 7.98. The Morgan fingerprint density at radius 3 is 2.70 bits per heavy atom. The van der Waals surface area contributed by atoms with E-state index in [-0.39, 0.29) is 15.7 Å². The lowest BCUT2D eigenvalue weighted by Gasteiger charge is -2.20. The van der Waals surface area contributed by atoms with Crippen LogP contribution in [0.2, 0.25) is 0 Å². The van der Waals surface area contributed by atoms with Crippen molar-refractivity contribution < 1.29 is 22.5 Å². The molecule has 0 unspecified atom stereocenters. The van der Waals surface area contributed by atoms with Crippen LogP contribution >= 0.6 is 27.3 Å². The fourth-order valence-electron chi connectivity index (χ4n) is 2.34. The number of rotatable bonds is 5. The number of carbonyl (C=O) groups is 1. The Balaban J connectivity index is 2.20. The topological polar surface area (TPSA) is 116 Å². The van der Waals surface area contributed by atoms with Gasteiger partial charge in [-0.15, -0.1) is 11.3 Å². The zero-order chi connectivity index (χ0) is 19.8. The van der Waals surface area contributed by atoms with Crippen molar-refractivity contribution in [3.8, 4) is 5.75 Å². The number of anilines is 2. The Kier molecular flexibility index (Phi) is 5.38. The molecule has 0 aliphatic heterocycles. The summed E-state index contributed by atoms with van der Waals surface area (Å²) in [7, 11) is -2.57. The van der Waals surface area contributed by atoms with Gasteiger partial charge in [-0.25, -0.2) is 18.5 Å². The molecular weight excluding hydrogens is 458 g/mol. The average Bonchev–Trinajstić information content (AvgIpc) is 3.24. The Morgan fingerprint density at radius 2 is 2.11 bits per heavy atom. The third-order valence-corrected chi connectivity index (χ3v) is 6.52. The Hall–Kier alpha value is -2.21. The Morgan fingerprint density at radius 1 is 1.37 bits per heavy atom. The number of nitrogens with two attached hydrogens (primary N) is 1. The number of sulfonamides is 1. The van der Waals surface area contributed by atoms with E-state index in [2.05, 4.69) is 21.1 Å². The molecule has 0 radical (unpaired) electrons. The van der Waals surface area contributed by atoms with Crippen molar-refractivity contribution in [1.82, 2.24) is 5.16 Å². The molecule has 0 saturated carbocycles. The molecule has 1 aromatic carbocycles. The summed E-state index contributed by atoms with van der Waals surface area (Å²) in [6.07, 6.45) is 0. The maximum atomic E-state index is 13.3. The maximum Gasteiger partial charge on any atom is 0.276 e. The minimum atomic E-state index is -4.07. The number of halogens is 1. The van der Waals surface area contributed by atoms with Crippen molar-refractivity contribution in [2.45, 2.75) is 11.8 Å². The molecular formula is C16H14BrN3O5S2. The Bertz CT molecular complexity index is 1110. The lowest BCUT2D eigenvalue weighted by atomic mass is 10.2. The van der Waals surface area contributed by atoms with Gasteiger partial charge in [0.1, 0.15) is 20.0 Å². The Labute approximate surface area is 167 Å². The number of amides is 1. The predicted octanol–water partition coefficient (Wildman–Crippen LogP) is 3.44. The second-order valence-corrected chi connectivity index (χ2v) is 8.63. The summed E-state index contributed by atoms with van der Waals surface area (Å²) in [5.41, 5.74) is 0.938. The summed E-state index contributed by atoms with van der Waals surface area (Å²) in [4.78, 5) is 14.2. The van der Waals surface area contributed by atoms with Crippen LogP contribution in [0.15, 0.2) is 49.6 Å². The van der Waals surface area contributed by atoms with E-state index in [1.54, 1.807) is 31.2 Å². The summed E-state index contributed by atoms with van der Waals surface area (Å²) >= 11 is 4.32. The monoisotopic (exact) mass is 471 g/mol. The van der Waals surface area contributed by atoms with Gasteiger partial charge in [0.25, 0.3) is 11.8 Å². The van der Waals surface area contributed by atoms with Gasteiger partial charge >= 0.3 is 0 Å². The first-order valence-electron chi connectivity index (χ1n) is 7.44. The molecule has 0 saturated heterocycles. The first-order chi connectivity index (χ1) is 12.7. The molecule has 2 heterocycles. The summed E-state index contributed by atoms with van der Waals surface area (Å²) < 4.78 is 34.7. The van der Waals surface area contributed by atoms with Crippen molar-refractivity contribution in [2.75, 3.05) is 12.0 Å². The van der Waals surface area contributed by atoms with Gasteiger partial charge in [-0.2, -0.15) is 0 Å². The highest BCUT2D eigenvalue weighted by atomic mass is 79.9. The molecule has 0 atom stereocenters. The predicted molar refractivity (Wildman–Crippen MR) is 104 cm³/mol. The number of benzene rings is 1. The van der Waals surface area contributed by atoms with Crippen LogP contribution in [0.1, 0.15) is 15.4 Å². The second-order valence-electron chi connectivity index (χ2n) is 5.39. The minimum Gasteiger partial charge on any atom is -0.497 e. The van der Waals surface area contributed by atoms with E-state index in [1.165, 1.54) is 23.5 Å². The molecule has 8 nitrogen and oxygen atoms in total. The first kappa shape index (κ1) is 19.5. The second kappa shape index (κ2) is 7.43. The van der Waals surface area contributed by atoms with Gasteiger partial charge < -0.3 is 9.26 Å². The quantitative estimate of drug-likeness (QED) is 0.608. The fourth-order valence-corrected chi connectivity index (χ4v) is 4.56. The molecule has 0 aliphatic rings. The van der Waals surface area contributed by atoms with Crippen LogP contribution in [-0.2, 0) is 10.0 Å². The van der Waals surface area contributed by atoms with E-state index in [0.717, 1.165) is 11.3 Å². The van der Waals surface area contributed by atoms with E-state index in [1.807, 2.05) is 0 Å². The third kappa shape index (κ3) is 3.76. The van der Waals surface area contributed by atoms with E-state index in [4.69, 9.17) is 14.4 Å². The summed E-state index contributed by atoms with van der Waals surface area (Å²) in [5.74, 6) is -0.00541. The largest absolute Gasteiger partial charge is 0.497 e. The highest BCUT2D eigenvalue weighted by molar-refractivity contribution is 9.10. The van der Waals surface area contributed by atoms with Crippen LogP contribution in [0, 0.1) is 6.92 Å². The lowest BCUT2D eigenvalue weighted by molar-refractivity contribution is 0.0995. The van der Waals surface area contributed by atoms with E-state index in [0.29, 0.717) is 21.6 Å². The zero-order valence-corrected chi connectivity index (χ0v) is 17.4. The fraction of sp³-hybridized carbons (Fsp3) is 0.125. The van der Waals surface area contributed by atoms with Crippen molar-refractivity contribution in [1.29, 1.82) is 0 Å². The van der Waals surface area contributed by atoms with Crippen LogP contribution in [0.4, 0.5) is 11.6 Å². The molecule has 3 rings (SSSR count). The van der Waals surface area contributed by atoms with E-state index in [9.17, 15) is 13.2 Å². The molecule has 1 amide bonds. The normalized spacial score (nSPS) is 11.4. The number of ether oxygens (including phenoxy) is 1. The maximum absolute atomic E-state index is 13.3. The van der Waals surface area contributed by atoms with Crippen molar-refractivity contribution >= 4 is 54.8 Å². The number of aromatic nitrogens is 1. The number of aryl methyl sites for hydroxylation is 1.